The van der Waals surface area contributed by atoms with Crippen LogP contribution in [0.3, 0.4) is 0 Å². The van der Waals surface area contributed by atoms with Crippen molar-refractivity contribution in [1.29, 1.82) is 0 Å². The number of nitrogens with one attached hydrogen (secondary N) is 1. The first-order valence-electron chi connectivity index (χ1n) is 9.35. The molecule has 0 atom stereocenters. The van der Waals surface area contributed by atoms with Crippen LogP contribution in [0.1, 0.15) is 17.8 Å². The summed E-state index contributed by atoms with van der Waals surface area (Å²) in [5.41, 5.74) is 2.00. The molecule has 9 heteroatoms. The lowest BCUT2D eigenvalue weighted by Gasteiger charge is -2.08. The number of halogens is 2. The van der Waals surface area contributed by atoms with Gasteiger partial charge in [0.25, 0.3) is 0 Å². The van der Waals surface area contributed by atoms with Gasteiger partial charge in [0.05, 0.1) is 18.6 Å². The summed E-state index contributed by atoms with van der Waals surface area (Å²) >= 11 is 8.23. The second-order valence-electron chi connectivity index (χ2n) is 6.62. The number of amides is 1. The van der Waals surface area contributed by atoms with E-state index in [-0.39, 0.29) is 11.7 Å². The third-order valence-electron chi connectivity index (χ3n) is 4.48. The molecule has 1 N–H and O–H groups in total. The van der Waals surface area contributed by atoms with Crippen LogP contribution in [0.4, 0.5) is 5.69 Å². The predicted octanol–water partition coefficient (Wildman–Crippen LogP) is 5.25. The molecule has 0 aliphatic carbocycles. The summed E-state index contributed by atoms with van der Waals surface area (Å²) in [4.78, 5) is 12.3. The minimum absolute atomic E-state index is 0.0946. The van der Waals surface area contributed by atoms with Crippen molar-refractivity contribution < 1.29 is 9.53 Å². The minimum Gasteiger partial charge on any atom is -0.497 e. The Hall–Kier alpha value is -1.84. The van der Waals surface area contributed by atoms with Crippen LogP contribution in [0.5, 0.6) is 5.75 Å². The Bertz CT molecular complexity index is 1010. The van der Waals surface area contributed by atoms with Crippen LogP contribution in [-0.2, 0) is 24.7 Å². The van der Waals surface area contributed by atoms with Gasteiger partial charge in [0, 0.05) is 22.4 Å². The summed E-state index contributed by atoms with van der Waals surface area (Å²) in [6.07, 6.45) is 2.76. The Morgan fingerprint density at radius 3 is 2.63 bits per heavy atom. The van der Waals surface area contributed by atoms with E-state index in [1.165, 1.54) is 17.3 Å². The van der Waals surface area contributed by atoms with Crippen molar-refractivity contribution in [2.75, 3.05) is 18.2 Å². The van der Waals surface area contributed by atoms with E-state index in [0.29, 0.717) is 0 Å². The van der Waals surface area contributed by atoms with Crippen molar-refractivity contribution in [3.05, 3.63) is 62.8 Å². The van der Waals surface area contributed by atoms with Gasteiger partial charge in [-0.05, 0) is 64.7 Å². The van der Waals surface area contributed by atoms with Crippen LogP contribution in [0.2, 0.25) is 0 Å². The second kappa shape index (κ2) is 11.0. The number of aromatic nitrogens is 3. The topological polar surface area (TPSA) is 69.0 Å². The normalized spacial score (nSPS) is 10.8. The molecule has 0 bridgehead atoms. The van der Waals surface area contributed by atoms with E-state index in [0.717, 1.165) is 50.6 Å². The summed E-state index contributed by atoms with van der Waals surface area (Å²) < 4.78 is 8.89. The summed E-state index contributed by atoms with van der Waals surface area (Å²) in [6, 6.07) is 13.8. The molecule has 0 saturated carbocycles. The Morgan fingerprint density at radius 1 is 1.13 bits per heavy atom. The highest BCUT2D eigenvalue weighted by atomic mass is 79.9. The molecule has 1 amide bonds. The fourth-order valence-electron chi connectivity index (χ4n) is 2.84. The molecule has 0 radical (unpaired) electrons. The number of aryl methyl sites for hydroxylation is 2. The molecular weight excluding hydrogens is 532 g/mol. The monoisotopic (exact) mass is 552 g/mol. The fraction of sp³-hybridized carbons (Fsp3) is 0.286. The van der Waals surface area contributed by atoms with E-state index in [2.05, 4.69) is 59.5 Å². The van der Waals surface area contributed by atoms with Gasteiger partial charge in [0.2, 0.25) is 5.91 Å². The van der Waals surface area contributed by atoms with Crippen molar-refractivity contribution in [2.45, 2.75) is 24.4 Å². The molecule has 0 saturated heterocycles. The highest BCUT2D eigenvalue weighted by Gasteiger charge is 2.12. The van der Waals surface area contributed by atoms with Crippen LogP contribution in [0, 0.1) is 0 Å². The number of carbonyl (C=O) groups is 1. The zero-order valence-electron chi connectivity index (χ0n) is 16.7. The number of hydrogen-bond acceptors (Lipinski definition) is 5. The molecule has 30 heavy (non-hydrogen) atoms. The highest BCUT2D eigenvalue weighted by Crippen LogP contribution is 2.26. The molecule has 3 aromatic rings. The standard InChI is InChI=1S/C21H22Br2N4O2S/c1-27-19(5-3-4-14-6-9-16(29-2)10-7-14)25-26-21(27)30-13-20(28)24-18-12-15(22)8-11-17(18)23/h6-12H,3-5,13H2,1-2H3,(H,24,28). The van der Waals surface area contributed by atoms with Gasteiger partial charge < -0.3 is 14.6 Å². The van der Waals surface area contributed by atoms with Gasteiger partial charge >= 0.3 is 0 Å². The number of anilines is 1. The number of ether oxygens (including phenoxy) is 1. The van der Waals surface area contributed by atoms with E-state index in [4.69, 9.17) is 4.74 Å². The Kier molecular flexibility index (Phi) is 8.35. The highest BCUT2D eigenvalue weighted by molar-refractivity contribution is 9.11. The van der Waals surface area contributed by atoms with Crippen LogP contribution < -0.4 is 10.1 Å². The quantitative estimate of drug-likeness (QED) is 0.366. The van der Waals surface area contributed by atoms with Gasteiger partial charge in [-0.3, -0.25) is 4.79 Å². The van der Waals surface area contributed by atoms with Gasteiger partial charge in [-0.2, -0.15) is 0 Å². The van der Waals surface area contributed by atoms with Crippen LogP contribution in [-0.4, -0.2) is 33.5 Å². The number of rotatable bonds is 9. The number of hydrogen-bond donors (Lipinski definition) is 1. The smallest absolute Gasteiger partial charge is 0.234 e. The van der Waals surface area contributed by atoms with E-state index in [1.807, 2.05) is 41.9 Å². The lowest BCUT2D eigenvalue weighted by atomic mass is 10.1. The summed E-state index contributed by atoms with van der Waals surface area (Å²) in [7, 11) is 3.61. The molecule has 0 aliphatic rings. The van der Waals surface area contributed by atoms with Gasteiger partial charge in [0.15, 0.2) is 5.16 Å². The maximum Gasteiger partial charge on any atom is 0.234 e. The molecule has 158 valence electrons. The van der Waals surface area contributed by atoms with Gasteiger partial charge in [-0.25, -0.2) is 0 Å². The molecule has 6 nitrogen and oxygen atoms in total. The molecule has 1 aromatic heterocycles. The van der Waals surface area contributed by atoms with Crippen molar-refractivity contribution in [3.8, 4) is 5.75 Å². The van der Waals surface area contributed by atoms with Gasteiger partial charge in [0.1, 0.15) is 11.6 Å². The van der Waals surface area contributed by atoms with Gasteiger partial charge in [-0.1, -0.05) is 39.8 Å². The Morgan fingerprint density at radius 2 is 1.90 bits per heavy atom. The SMILES string of the molecule is COc1ccc(CCCc2nnc(SCC(=O)Nc3cc(Br)ccc3Br)n2C)cc1. The van der Waals surface area contributed by atoms with E-state index in [1.54, 1.807) is 7.11 Å². The van der Waals surface area contributed by atoms with Crippen molar-refractivity contribution in [2.24, 2.45) is 7.05 Å². The van der Waals surface area contributed by atoms with Crippen molar-refractivity contribution in [1.82, 2.24) is 14.8 Å². The Labute approximate surface area is 197 Å². The van der Waals surface area contributed by atoms with Crippen LogP contribution >= 0.6 is 43.6 Å². The van der Waals surface area contributed by atoms with E-state index >= 15 is 0 Å². The number of thioether (sulfide) groups is 1. The number of nitrogens with zero attached hydrogens (tertiary/aromatic N) is 3. The zero-order chi connectivity index (χ0) is 21.5. The van der Waals surface area contributed by atoms with Crippen molar-refractivity contribution >= 4 is 55.2 Å². The lowest BCUT2D eigenvalue weighted by Crippen LogP contribution is -2.15. The third kappa shape index (κ3) is 6.33. The summed E-state index contributed by atoms with van der Waals surface area (Å²) in [5.74, 6) is 1.95. The molecule has 2 aromatic carbocycles. The first kappa shape index (κ1) is 22.8. The van der Waals surface area contributed by atoms with Crippen molar-refractivity contribution in [3.63, 3.8) is 0 Å². The minimum atomic E-state index is -0.0946. The predicted molar refractivity (Wildman–Crippen MR) is 127 cm³/mol. The lowest BCUT2D eigenvalue weighted by molar-refractivity contribution is -0.113. The number of carbonyl (C=O) groups excluding carboxylic acids is 1. The maximum atomic E-state index is 12.3. The zero-order valence-corrected chi connectivity index (χ0v) is 20.7. The first-order valence-corrected chi connectivity index (χ1v) is 11.9. The molecule has 3 rings (SSSR count). The first-order chi connectivity index (χ1) is 14.5. The number of methoxy groups -OCH3 is 1. The van der Waals surface area contributed by atoms with Crippen LogP contribution in [0.25, 0.3) is 0 Å². The van der Waals surface area contributed by atoms with Gasteiger partial charge in [-0.15, -0.1) is 10.2 Å². The number of benzene rings is 2. The average Bonchev–Trinajstić information content (AvgIpc) is 3.09. The molecule has 1 heterocycles. The maximum absolute atomic E-state index is 12.3. The summed E-state index contributed by atoms with van der Waals surface area (Å²) in [5, 5.41) is 12.2. The molecule has 0 fully saturated rings. The second-order valence-corrected chi connectivity index (χ2v) is 9.33. The molecule has 0 unspecified atom stereocenters. The molecule has 0 spiro atoms. The Balaban J connectivity index is 1.48. The third-order valence-corrected chi connectivity index (χ3v) is 6.69. The summed E-state index contributed by atoms with van der Waals surface area (Å²) in [6.45, 7) is 0. The van der Waals surface area contributed by atoms with Crippen LogP contribution in [0.15, 0.2) is 56.6 Å². The fourth-order valence-corrected chi connectivity index (χ4v) is 4.28. The molecule has 0 aliphatic heterocycles. The largest absolute Gasteiger partial charge is 0.497 e. The molecular formula is C21H22Br2N4O2S. The average molecular weight is 554 g/mol. The van der Waals surface area contributed by atoms with E-state index in [9.17, 15) is 4.79 Å². The van der Waals surface area contributed by atoms with E-state index < -0.39 is 0 Å².